The monoisotopic (exact) mass is 354 g/mol. The minimum absolute atomic E-state index is 0.0209. The molecule has 2 N–H and O–H groups in total. The van der Waals surface area contributed by atoms with Crippen molar-refractivity contribution < 1.29 is 9.13 Å². The molecule has 20 heavy (non-hydrogen) atoms. The Morgan fingerprint density at radius 3 is 2.60 bits per heavy atom. The van der Waals surface area contributed by atoms with E-state index < -0.39 is 15.7 Å². The van der Waals surface area contributed by atoms with Crippen molar-refractivity contribution in [2.24, 2.45) is 0 Å². The van der Waals surface area contributed by atoms with Gasteiger partial charge >= 0.3 is 0 Å². The molecule has 0 fully saturated rings. The molecule has 1 atom stereocenters. The molecule has 2 rings (SSSR count). The van der Waals surface area contributed by atoms with Gasteiger partial charge in [0, 0.05) is 21.8 Å². The maximum Gasteiger partial charge on any atom is 0.273 e. The molecular weight excluding hydrogens is 344 g/mol. The lowest BCUT2D eigenvalue weighted by Crippen LogP contribution is -2.01. The van der Waals surface area contributed by atoms with E-state index in [0.717, 1.165) is 0 Å². The number of halogens is 1. The molecule has 0 saturated heterocycles. The van der Waals surface area contributed by atoms with Crippen LogP contribution in [0.4, 0.5) is 11.4 Å². The summed E-state index contributed by atoms with van der Waals surface area (Å²) < 4.78 is 13.0. The molecule has 2 aromatic rings. The van der Waals surface area contributed by atoms with E-state index in [2.05, 4.69) is 15.9 Å². The molecule has 0 heterocycles. The van der Waals surface area contributed by atoms with E-state index in [1.165, 1.54) is 6.07 Å². The Hall–Kier alpha value is -1.73. The number of nitrogens with two attached hydrogens (primary N) is 1. The molecule has 0 spiro atoms. The first kappa shape index (κ1) is 14.7. The number of nitro groups is 1. The molecule has 104 valence electrons. The second-order valence-corrected chi connectivity index (χ2v) is 6.34. The van der Waals surface area contributed by atoms with E-state index in [9.17, 15) is 14.3 Å². The minimum atomic E-state index is -1.39. The van der Waals surface area contributed by atoms with Crippen molar-refractivity contribution in [3.63, 3.8) is 0 Å². The third-order valence-corrected chi connectivity index (χ3v) is 5.01. The molecule has 0 aliphatic heterocycles. The molecule has 0 amide bonds. The van der Waals surface area contributed by atoms with E-state index in [0.29, 0.717) is 20.6 Å². The molecule has 7 heteroatoms. The smallest absolute Gasteiger partial charge is 0.273 e. The van der Waals surface area contributed by atoms with E-state index in [1.807, 2.05) is 0 Å². The maximum absolute atomic E-state index is 12.3. The summed E-state index contributed by atoms with van der Waals surface area (Å²) in [6, 6.07) is 11.3. The fourth-order valence-electron chi connectivity index (χ4n) is 1.73. The summed E-state index contributed by atoms with van der Waals surface area (Å²) in [7, 11) is -1.39. The zero-order chi connectivity index (χ0) is 14.7. The summed E-state index contributed by atoms with van der Waals surface area (Å²) in [6.45, 7) is 0. The summed E-state index contributed by atoms with van der Waals surface area (Å²) in [5, 5.41) is 10.9. The number of hydrogen-bond acceptors (Lipinski definition) is 4. The number of hydrogen-bond donors (Lipinski definition) is 1. The number of para-hydroxylation sites is 1. The van der Waals surface area contributed by atoms with Gasteiger partial charge in [0.15, 0.2) is 0 Å². The standard InChI is InChI=1S/C13H11BrN2O3S/c14-11-7-10(15)5-6-13(11)20(19)8-9-3-1-2-4-12(9)16(17)18/h1-7H,8,15H2. The first-order chi connectivity index (χ1) is 9.49. The van der Waals surface area contributed by atoms with Crippen LogP contribution in [0.3, 0.4) is 0 Å². The van der Waals surface area contributed by atoms with Gasteiger partial charge in [-0.25, -0.2) is 0 Å². The highest BCUT2D eigenvalue weighted by Crippen LogP contribution is 2.27. The highest BCUT2D eigenvalue weighted by Gasteiger charge is 2.17. The van der Waals surface area contributed by atoms with Crippen LogP contribution in [0.2, 0.25) is 0 Å². The molecule has 0 aromatic heterocycles. The lowest BCUT2D eigenvalue weighted by molar-refractivity contribution is -0.385. The van der Waals surface area contributed by atoms with Crippen molar-refractivity contribution in [2.45, 2.75) is 10.6 Å². The van der Waals surface area contributed by atoms with Crippen LogP contribution in [0.1, 0.15) is 5.56 Å². The Bertz CT molecular complexity index is 691. The van der Waals surface area contributed by atoms with Crippen LogP contribution in [0, 0.1) is 10.1 Å². The Kier molecular flexibility index (Phi) is 4.51. The summed E-state index contributed by atoms with van der Waals surface area (Å²) in [4.78, 5) is 11.0. The Morgan fingerprint density at radius 1 is 1.25 bits per heavy atom. The first-order valence-corrected chi connectivity index (χ1v) is 7.76. The third kappa shape index (κ3) is 3.23. The van der Waals surface area contributed by atoms with Crippen LogP contribution in [0.5, 0.6) is 0 Å². The zero-order valence-electron chi connectivity index (χ0n) is 10.3. The van der Waals surface area contributed by atoms with Crippen molar-refractivity contribution >= 4 is 38.1 Å². The summed E-state index contributed by atoms with van der Waals surface area (Å²) in [5.74, 6) is 0.0830. The van der Waals surface area contributed by atoms with Crippen molar-refractivity contribution in [1.29, 1.82) is 0 Å². The molecule has 1 unspecified atom stereocenters. The number of benzene rings is 2. The van der Waals surface area contributed by atoms with Gasteiger partial charge in [0.2, 0.25) is 0 Å². The highest BCUT2D eigenvalue weighted by atomic mass is 79.9. The largest absolute Gasteiger partial charge is 0.399 e. The van der Waals surface area contributed by atoms with Crippen LogP contribution in [-0.4, -0.2) is 9.13 Å². The average Bonchev–Trinajstić information content (AvgIpc) is 2.38. The van der Waals surface area contributed by atoms with E-state index in [1.54, 1.807) is 36.4 Å². The topological polar surface area (TPSA) is 86.2 Å². The van der Waals surface area contributed by atoms with Crippen LogP contribution in [0.25, 0.3) is 0 Å². The molecule has 0 bridgehead atoms. The fraction of sp³-hybridized carbons (Fsp3) is 0.0769. The van der Waals surface area contributed by atoms with E-state index in [4.69, 9.17) is 5.73 Å². The Morgan fingerprint density at radius 2 is 1.95 bits per heavy atom. The summed E-state index contributed by atoms with van der Waals surface area (Å²) >= 11 is 3.30. The summed E-state index contributed by atoms with van der Waals surface area (Å²) in [5.41, 5.74) is 6.61. The molecule has 5 nitrogen and oxygen atoms in total. The van der Waals surface area contributed by atoms with E-state index >= 15 is 0 Å². The van der Waals surface area contributed by atoms with Crippen LogP contribution in [0.15, 0.2) is 51.8 Å². The fourth-order valence-corrected chi connectivity index (χ4v) is 3.85. The number of anilines is 1. The summed E-state index contributed by atoms with van der Waals surface area (Å²) in [6.07, 6.45) is 0. The SMILES string of the molecule is Nc1ccc(S(=O)Cc2ccccc2[N+](=O)[O-])c(Br)c1. The number of nitrogen functional groups attached to an aromatic ring is 1. The van der Waals surface area contributed by atoms with Crippen molar-refractivity contribution in [3.8, 4) is 0 Å². The first-order valence-electron chi connectivity index (χ1n) is 5.64. The lowest BCUT2D eigenvalue weighted by Gasteiger charge is -2.06. The molecule has 0 aliphatic carbocycles. The van der Waals surface area contributed by atoms with Crippen LogP contribution < -0.4 is 5.73 Å². The molecular formula is C13H11BrN2O3S. The van der Waals surface area contributed by atoms with Gasteiger partial charge in [-0.2, -0.15) is 0 Å². The maximum atomic E-state index is 12.3. The van der Waals surface area contributed by atoms with Gasteiger partial charge in [-0.15, -0.1) is 0 Å². The van der Waals surface area contributed by atoms with Crippen molar-refractivity contribution in [3.05, 3.63) is 62.6 Å². The molecule has 0 aliphatic rings. The second-order valence-electron chi connectivity index (χ2n) is 4.07. The lowest BCUT2D eigenvalue weighted by atomic mass is 10.2. The quantitative estimate of drug-likeness (QED) is 0.518. The van der Waals surface area contributed by atoms with Gasteiger partial charge in [0.25, 0.3) is 5.69 Å². The van der Waals surface area contributed by atoms with Gasteiger partial charge < -0.3 is 5.73 Å². The number of nitro benzene ring substituents is 1. The van der Waals surface area contributed by atoms with Crippen LogP contribution >= 0.6 is 15.9 Å². The molecule has 0 radical (unpaired) electrons. The number of rotatable bonds is 4. The van der Waals surface area contributed by atoms with Gasteiger partial charge in [-0.1, -0.05) is 18.2 Å². The Balaban J connectivity index is 2.30. The van der Waals surface area contributed by atoms with Gasteiger partial charge in [0.1, 0.15) is 0 Å². The predicted octanol–water partition coefficient (Wildman–Crippen LogP) is 3.25. The minimum Gasteiger partial charge on any atom is -0.399 e. The van der Waals surface area contributed by atoms with Gasteiger partial charge in [0.05, 0.1) is 26.4 Å². The van der Waals surface area contributed by atoms with Gasteiger partial charge in [-0.3, -0.25) is 14.3 Å². The molecule has 0 saturated carbocycles. The predicted molar refractivity (Wildman–Crippen MR) is 81.8 cm³/mol. The zero-order valence-corrected chi connectivity index (χ0v) is 12.7. The van der Waals surface area contributed by atoms with E-state index in [-0.39, 0.29) is 11.4 Å². The average molecular weight is 355 g/mol. The second kappa shape index (κ2) is 6.15. The van der Waals surface area contributed by atoms with Crippen molar-refractivity contribution in [1.82, 2.24) is 0 Å². The highest BCUT2D eigenvalue weighted by molar-refractivity contribution is 9.10. The van der Waals surface area contributed by atoms with Gasteiger partial charge in [-0.05, 0) is 34.1 Å². The Labute approximate surface area is 126 Å². The van der Waals surface area contributed by atoms with Crippen molar-refractivity contribution in [2.75, 3.05) is 5.73 Å². The van der Waals surface area contributed by atoms with Crippen LogP contribution in [-0.2, 0) is 16.6 Å². The molecule has 2 aromatic carbocycles. The third-order valence-electron chi connectivity index (χ3n) is 2.68. The normalized spacial score (nSPS) is 12.1. The number of nitrogens with zero attached hydrogens (tertiary/aromatic N) is 1.